The molecule has 0 atom stereocenters. The molecule has 0 spiro atoms. The zero-order valence-corrected chi connectivity index (χ0v) is 11.5. The van der Waals surface area contributed by atoms with Crippen LogP contribution < -0.4 is 10.2 Å². The number of carbonyl (C=O) groups is 1. The highest BCUT2D eigenvalue weighted by Gasteiger charge is 2.31. The lowest BCUT2D eigenvalue weighted by Crippen LogP contribution is -2.54. The molecule has 1 N–H and O–H groups in total. The van der Waals surface area contributed by atoms with E-state index in [1.165, 1.54) is 12.1 Å². The summed E-state index contributed by atoms with van der Waals surface area (Å²) in [6.07, 6.45) is 0. The van der Waals surface area contributed by atoms with Crippen LogP contribution in [0.15, 0.2) is 24.3 Å². The second-order valence-corrected chi connectivity index (χ2v) is 4.68. The third kappa shape index (κ3) is 3.29. The molecule has 0 heterocycles. The third-order valence-electron chi connectivity index (χ3n) is 2.85. The molecule has 18 heavy (non-hydrogen) atoms. The Hall–Kier alpha value is -1.42. The molecule has 3 nitrogen and oxygen atoms in total. The number of hydrogen-bond donors (Lipinski definition) is 1. The van der Waals surface area contributed by atoms with E-state index in [4.69, 9.17) is 0 Å². The Labute approximate surface area is 108 Å². The Morgan fingerprint density at radius 3 is 2.28 bits per heavy atom. The van der Waals surface area contributed by atoms with Crippen molar-refractivity contribution < 1.29 is 9.18 Å². The second kappa shape index (κ2) is 5.96. The highest BCUT2D eigenvalue weighted by molar-refractivity contribution is 5.99. The number of amides is 1. The van der Waals surface area contributed by atoms with Crippen molar-refractivity contribution >= 4 is 11.6 Å². The van der Waals surface area contributed by atoms with Gasteiger partial charge in [-0.25, -0.2) is 4.39 Å². The molecule has 1 rings (SSSR count). The summed E-state index contributed by atoms with van der Waals surface area (Å²) in [5.41, 5.74) is 0.0916. The van der Waals surface area contributed by atoms with Gasteiger partial charge < -0.3 is 10.2 Å². The highest BCUT2D eigenvalue weighted by atomic mass is 19.1. The summed E-state index contributed by atoms with van der Waals surface area (Å²) in [5.74, 6) is -0.313. The lowest BCUT2D eigenvalue weighted by atomic mass is 10.0. The lowest BCUT2D eigenvalue weighted by Gasteiger charge is -2.32. The molecule has 0 saturated carbocycles. The largest absolute Gasteiger partial charge is 0.311 e. The average molecular weight is 252 g/mol. The Morgan fingerprint density at radius 1 is 1.28 bits per heavy atom. The minimum Gasteiger partial charge on any atom is -0.311 e. The molecule has 4 heteroatoms. The van der Waals surface area contributed by atoms with Crippen molar-refractivity contribution in [2.45, 2.75) is 33.2 Å². The fraction of sp³-hybridized carbons (Fsp3) is 0.500. The number of carbonyl (C=O) groups excluding carboxylic acids is 1. The summed E-state index contributed by atoms with van der Waals surface area (Å²) in [4.78, 5) is 14.1. The van der Waals surface area contributed by atoms with Gasteiger partial charge in [0, 0.05) is 12.2 Å². The van der Waals surface area contributed by atoms with Crippen LogP contribution in [-0.4, -0.2) is 24.5 Å². The quantitative estimate of drug-likeness (QED) is 0.873. The average Bonchev–Trinajstić information content (AvgIpc) is 2.32. The first kappa shape index (κ1) is 14.6. The topological polar surface area (TPSA) is 32.3 Å². The normalized spacial score (nSPS) is 11.4. The summed E-state index contributed by atoms with van der Waals surface area (Å²) in [5, 5.41) is 3.15. The molecule has 100 valence electrons. The molecular formula is C14H21FN2O. The summed E-state index contributed by atoms with van der Waals surface area (Å²) in [6.45, 7) is 8.85. The number of nitrogens with one attached hydrogen (secondary N) is 1. The van der Waals surface area contributed by atoms with Gasteiger partial charge in [-0.1, -0.05) is 6.92 Å². The Bertz CT molecular complexity index is 401. The Morgan fingerprint density at radius 2 is 1.83 bits per heavy atom. The standard InChI is InChI=1S/C14H21FN2O/c1-5-16-14(3,4)13(18)17(6-2)12-9-7-11(15)8-10-12/h7-10,16H,5-6H2,1-4H3. The van der Waals surface area contributed by atoms with Crippen molar-refractivity contribution in [3.8, 4) is 0 Å². The maximum Gasteiger partial charge on any atom is 0.246 e. The van der Waals surface area contributed by atoms with Gasteiger partial charge in [0.25, 0.3) is 0 Å². The number of likely N-dealkylation sites (N-methyl/N-ethyl adjacent to an activating group) is 2. The molecule has 0 radical (unpaired) electrons. The SMILES string of the molecule is CCNC(C)(C)C(=O)N(CC)c1ccc(F)cc1. The fourth-order valence-electron chi connectivity index (χ4n) is 1.92. The van der Waals surface area contributed by atoms with Crippen LogP contribution in [0, 0.1) is 5.82 Å². The predicted molar refractivity (Wildman–Crippen MR) is 72.2 cm³/mol. The van der Waals surface area contributed by atoms with Crippen molar-refractivity contribution in [2.75, 3.05) is 18.0 Å². The van der Waals surface area contributed by atoms with Crippen LogP contribution >= 0.6 is 0 Å². The van der Waals surface area contributed by atoms with Gasteiger partial charge in [-0.05, 0) is 51.6 Å². The van der Waals surface area contributed by atoms with Gasteiger partial charge in [0.05, 0.1) is 5.54 Å². The van der Waals surface area contributed by atoms with Gasteiger partial charge in [-0.3, -0.25) is 4.79 Å². The van der Waals surface area contributed by atoms with E-state index in [1.54, 1.807) is 17.0 Å². The van der Waals surface area contributed by atoms with E-state index in [2.05, 4.69) is 5.32 Å². The Kier molecular flexibility index (Phi) is 4.84. The van der Waals surface area contributed by atoms with Crippen molar-refractivity contribution in [2.24, 2.45) is 0 Å². The van der Waals surface area contributed by atoms with Crippen LogP contribution in [0.2, 0.25) is 0 Å². The van der Waals surface area contributed by atoms with E-state index in [0.29, 0.717) is 6.54 Å². The number of halogens is 1. The highest BCUT2D eigenvalue weighted by Crippen LogP contribution is 2.18. The zero-order chi connectivity index (χ0) is 13.8. The van der Waals surface area contributed by atoms with E-state index in [9.17, 15) is 9.18 Å². The second-order valence-electron chi connectivity index (χ2n) is 4.68. The molecule has 1 aromatic carbocycles. The van der Waals surface area contributed by atoms with Crippen LogP contribution in [0.4, 0.5) is 10.1 Å². The van der Waals surface area contributed by atoms with Crippen LogP contribution in [0.5, 0.6) is 0 Å². The molecule has 0 aliphatic rings. The molecular weight excluding hydrogens is 231 g/mol. The molecule has 0 fully saturated rings. The van der Waals surface area contributed by atoms with E-state index in [-0.39, 0.29) is 11.7 Å². The van der Waals surface area contributed by atoms with Crippen LogP contribution in [0.1, 0.15) is 27.7 Å². The minimum atomic E-state index is -0.626. The molecule has 0 bridgehead atoms. The smallest absolute Gasteiger partial charge is 0.246 e. The van der Waals surface area contributed by atoms with Gasteiger partial charge >= 0.3 is 0 Å². The van der Waals surface area contributed by atoms with Crippen molar-refractivity contribution in [1.29, 1.82) is 0 Å². The number of rotatable bonds is 5. The number of nitrogens with zero attached hydrogens (tertiary/aromatic N) is 1. The summed E-state index contributed by atoms with van der Waals surface area (Å²) >= 11 is 0. The van der Waals surface area contributed by atoms with Gasteiger partial charge in [0.2, 0.25) is 5.91 Å². The zero-order valence-electron chi connectivity index (χ0n) is 11.5. The van der Waals surface area contributed by atoms with E-state index < -0.39 is 5.54 Å². The van der Waals surface area contributed by atoms with Crippen LogP contribution in [-0.2, 0) is 4.79 Å². The molecule has 0 aliphatic heterocycles. The third-order valence-corrected chi connectivity index (χ3v) is 2.85. The van der Waals surface area contributed by atoms with Crippen molar-refractivity contribution in [1.82, 2.24) is 5.32 Å². The maximum atomic E-state index is 12.9. The monoisotopic (exact) mass is 252 g/mol. The van der Waals surface area contributed by atoms with E-state index >= 15 is 0 Å². The van der Waals surface area contributed by atoms with Crippen molar-refractivity contribution in [3.05, 3.63) is 30.1 Å². The first-order valence-corrected chi connectivity index (χ1v) is 6.25. The van der Waals surface area contributed by atoms with Gasteiger partial charge in [0.1, 0.15) is 5.82 Å². The number of anilines is 1. The van der Waals surface area contributed by atoms with Crippen molar-refractivity contribution in [3.63, 3.8) is 0 Å². The maximum absolute atomic E-state index is 12.9. The molecule has 1 amide bonds. The van der Waals surface area contributed by atoms with E-state index in [0.717, 1.165) is 12.2 Å². The van der Waals surface area contributed by atoms with Gasteiger partial charge in [-0.15, -0.1) is 0 Å². The summed E-state index contributed by atoms with van der Waals surface area (Å²) < 4.78 is 12.9. The van der Waals surface area contributed by atoms with Crippen LogP contribution in [0.3, 0.4) is 0 Å². The summed E-state index contributed by atoms with van der Waals surface area (Å²) in [6, 6.07) is 5.98. The predicted octanol–water partition coefficient (Wildman–Crippen LogP) is 2.57. The van der Waals surface area contributed by atoms with Gasteiger partial charge in [0.15, 0.2) is 0 Å². The van der Waals surface area contributed by atoms with Crippen LogP contribution in [0.25, 0.3) is 0 Å². The van der Waals surface area contributed by atoms with Gasteiger partial charge in [-0.2, -0.15) is 0 Å². The fourth-order valence-corrected chi connectivity index (χ4v) is 1.92. The lowest BCUT2D eigenvalue weighted by molar-refractivity contribution is -0.123. The Balaban J connectivity index is 2.96. The minimum absolute atomic E-state index is 0.0153. The van der Waals surface area contributed by atoms with E-state index in [1.807, 2.05) is 27.7 Å². The first-order valence-electron chi connectivity index (χ1n) is 6.25. The molecule has 0 saturated heterocycles. The molecule has 0 aliphatic carbocycles. The molecule has 0 aromatic heterocycles. The number of benzene rings is 1. The number of hydrogen-bond acceptors (Lipinski definition) is 2. The molecule has 0 unspecified atom stereocenters. The molecule has 1 aromatic rings. The summed E-state index contributed by atoms with van der Waals surface area (Å²) in [7, 11) is 0. The first-order chi connectivity index (χ1) is 8.42.